The summed E-state index contributed by atoms with van der Waals surface area (Å²) < 4.78 is 18.9. The van der Waals surface area contributed by atoms with Crippen molar-refractivity contribution in [1.82, 2.24) is 4.98 Å². The molecule has 0 aliphatic carbocycles. The number of para-hydroxylation sites is 1. The molecule has 0 bridgehead atoms. The van der Waals surface area contributed by atoms with Crippen molar-refractivity contribution in [2.75, 3.05) is 7.11 Å². The van der Waals surface area contributed by atoms with Crippen molar-refractivity contribution >= 4 is 16.8 Å². The molecule has 1 aromatic heterocycles. The lowest BCUT2D eigenvalue weighted by molar-refractivity contribution is 0.0996. The first kappa shape index (κ1) is 14.0. The molecule has 0 fully saturated rings. The number of nitrogens with two attached hydrogens (primary N) is 1. The summed E-state index contributed by atoms with van der Waals surface area (Å²) in [6.45, 7) is 0. The molecule has 110 valence electrons. The molecule has 0 saturated heterocycles. The van der Waals surface area contributed by atoms with Gasteiger partial charge in [0.1, 0.15) is 5.82 Å². The number of aromatic nitrogens is 1. The van der Waals surface area contributed by atoms with Crippen LogP contribution in [0.1, 0.15) is 10.4 Å². The zero-order chi connectivity index (χ0) is 15.7. The van der Waals surface area contributed by atoms with Crippen molar-refractivity contribution < 1.29 is 13.9 Å². The van der Waals surface area contributed by atoms with Gasteiger partial charge < -0.3 is 10.5 Å². The Morgan fingerprint density at radius 3 is 2.68 bits per heavy atom. The Morgan fingerprint density at radius 1 is 1.18 bits per heavy atom. The molecule has 1 heterocycles. The van der Waals surface area contributed by atoms with Gasteiger partial charge in [0.25, 0.3) is 5.91 Å². The molecular formula is C17H13FN2O2. The van der Waals surface area contributed by atoms with Crippen LogP contribution in [0.5, 0.6) is 5.88 Å². The Balaban J connectivity index is 2.25. The summed E-state index contributed by atoms with van der Waals surface area (Å²) in [6, 6.07) is 13.7. The van der Waals surface area contributed by atoms with Crippen molar-refractivity contribution in [2.45, 2.75) is 0 Å². The van der Waals surface area contributed by atoms with Gasteiger partial charge in [0, 0.05) is 10.9 Å². The molecule has 1 amide bonds. The van der Waals surface area contributed by atoms with Gasteiger partial charge in [-0.15, -0.1) is 0 Å². The second kappa shape index (κ2) is 5.44. The Bertz CT molecular complexity index is 878. The van der Waals surface area contributed by atoms with Gasteiger partial charge >= 0.3 is 0 Å². The molecule has 0 radical (unpaired) electrons. The van der Waals surface area contributed by atoms with Crippen LogP contribution < -0.4 is 10.5 Å². The van der Waals surface area contributed by atoms with Crippen molar-refractivity contribution in [3.05, 3.63) is 59.9 Å². The van der Waals surface area contributed by atoms with Crippen LogP contribution in [0.4, 0.5) is 4.39 Å². The number of hydrogen-bond acceptors (Lipinski definition) is 3. The lowest BCUT2D eigenvalue weighted by Gasteiger charge is -2.10. The second-order valence-corrected chi connectivity index (χ2v) is 4.80. The lowest BCUT2D eigenvalue weighted by atomic mass is 10.0. The van der Waals surface area contributed by atoms with Gasteiger partial charge in [0.05, 0.1) is 18.2 Å². The smallest absolute Gasteiger partial charge is 0.251 e. The quantitative estimate of drug-likeness (QED) is 0.807. The number of fused-ring (bicyclic) bond motifs is 1. The first-order chi connectivity index (χ1) is 10.6. The molecule has 2 aromatic carbocycles. The molecular weight excluding hydrogens is 283 g/mol. The van der Waals surface area contributed by atoms with Crippen LogP contribution in [0.15, 0.2) is 48.5 Å². The predicted molar refractivity (Wildman–Crippen MR) is 82.2 cm³/mol. The van der Waals surface area contributed by atoms with Crippen molar-refractivity contribution in [1.29, 1.82) is 0 Å². The minimum atomic E-state index is -0.813. The molecule has 5 heteroatoms. The van der Waals surface area contributed by atoms with Gasteiger partial charge in [-0.2, -0.15) is 0 Å². The molecule has 0 unspecified atom stereocenters. The fourth-order valence-electron chi connectivity index (χ4n) is 2.34. The number of carbonyl (C=O) groups excluding carboxylic acids is 1. The van der Waals surface area contributed by atoms with E-state index in [1.807, 2.05) is 30.3 Å². The van der Waals surface area contributed by atoms with E-state index >= 15 is 0 Å². The largest absolute Gasteiger partial charge is 0.481 e. The molecule has 0 spiro atoms. The van der Waals surface area contributed by atoms with Gasteiger partial charge in [-0.05, 0) is 29.8 Å². The van der Waals surface area contributed by atoms with Crippen LogP contribution in [-0.2, 0) is 0 Å². The number of primary amides is 1. The number of halogens is 1. The van der Waals surface area contributed by atoms with E-state index in [4.69, 9.17) is 10.5 Å². The summed E-state index contributed by atoms with van der Waals surface area (Å²) in [6.07, 6.45) is 0. The summed E-state index contributed by atoms with van der Waals surface area (Å²) >= 11 is 0. The highest BCUT2D eigenvalue weighted by molar-refractivity contribution is 5.95. The Kier molecular flexibility index (Phi) is 3.47. The van der Waals surface area contributed by atoms with Gasteiger partial charge in [0.15, 0.2) is 0 Å². The van der Waals surface area contributed by atoms with E-state index in [1.54, 1.807) is 6.07 Å². The number of pyridine rings is 1. The number of amides is 1. The summed E-state index contributed by atoms with van der Waals surface area (Å²) in [5.41, 5.74) is 7.12. The van der Waals surface area contributed by atoms with Gasteiger partial charge in [-0.25, -0.2) is 9.37 Å². The molecule has 3 aromatic rings. The number of rotatable bonds is 3. The van der Waals surface area contributed by atoms with Gasteiger partial charge in [0.2, 0.25) is 5.88 Å². The van der Waals surface area contributed by atoms with Crippen LogP contribution in [-0.4, -0.2) is 18.0 Å². The fraction of sp³-hybridized carbons (Fsp3) is 0.0588. The number of ether oxygens (including phenoxy) is 1. The Labute approximate surface area is 126 Å². The van der Waals surface area contributed by atoms with Crippen LogP contribution >= 0.6 is 0 Å². The third-order valence-electron chi connectivity index (χ3n) is 3.43. The minimum absolute atomic E-state index is 0.160. The summed E-state index contributed by atoms with van der Waals surface area (Å²) in [5.74, 6) is -1.06. The lowest BCUT2D eigenvalue weighted by Crippen LogP contribution is -2.13. The molecule has 4 nitrogen and oxygen atoms in total. The molecule has 3 rings (SSSR count). The molecule has 0 aliphatic heterocycles. The number of hydrogen-bond donors (Lipinski definition) is 1. The van der Waals surface area contributed by atoms with Crippen molar-refractivity contribution in [3.63, 3.8) is 0 Å². The minimum Gasteiger partial charge on any atom is -0.481 e. The van der Waals surface area contributed by atoms with E-state index in [2.05, 4.69) is 4.98 Å². The number of nitrogens with zero attached hydrogens (tertiary/aromatic N) is 1. The Morgan fingerprint density at radius 2 is 1.95 bits per heavy atom. The molecule has 2 N–H and O–H groups in total. The summed E-state index contributed by atoms with van der Waals surface area (Å²) in [5, 5.41) is 0.920. The van der Waals surface area contributed by atoms with Crippen LogP contribution in [0.2, 0.25) is 0 Å². The van der Waals surface area contributed by atoms with Crippen LogP contribution in [0.25, 0.3) is 22.0 Å². The third-order valence-corrected chi connectivity index (χ3v) is 3.43. The van der Waals surface area contributed by atoms with Gasteiger partial charge in [-0.1, -0.05) is 24.3 Å². The highest BCUT2D eigenvalue weighted by atomic mass is 19.1. The normalized spacial score (nSPS) is 10.6. The molecule has 0 atom stereocenters. The zero-order valence-electron chi connectivity index (χ0n) is 11.8. The standard InChI is InChI=1S/C17H13FN2O2/c1-22-17-12(9-11-4-2-3-5-15(11)20-17)10-6-7-14(18)13(8-10)16(19)21/h2-9H,1H3,(H2,19,21). The highest BCUT2D eigenvalue weighted by Crippen LogP contribution is 2.32. The maximum Gasteiger partial charge on any atom is 0.251 e. The van der Waals surface area contributed by atoms with Gasteiger partial charge in [-0.3, -0.25) is 4.79 Å². The molecule has 22 heavy (non-hydrogen) atoms. The van der Waals surface area contributed by atoms with E-state index in [1.165, 1.54) is 19.2 Å². The highest BCUT2D eigenvalue weighted by Gasteiger charge is 2.14. The first-order valence-corrected chi connectivity index (χ1v) is 6.63. The Hall–Kier alpha value is -2.95. The zero-order valence-corrected chi connectivity index (χ0v) is 11.8. The van der Waals surface area contributed by atoms with Crippen molar-refractivity contribution in [2.24, 2.45) is 5.73 Å². The monoisotopic (exact) mass is 296 g/mol. The molecule has 0 saturated carbocycles. The fourth-order valence-corrected chi connectivity index (χ4v) is 2.34. The van der Waals surface area contributed by atoms with E-state index in [0.29, 0.717) is 17.0 Å². The third kappa shape index (κ3) is 2.37. The maximum atomic E-state index is 13.6. The van der Waals surface area contributed by atoms with Crippen LogP contribution in [0.3, 0.4) is 0 Å². The second-order valence-electron chi connectivity index (χ2n) is 4.80. The predicted octanol–water partition coefficient (Wildman–Crippen LogP) is 3.15. The first-order valence-electron chi connectivity index (χ1n) is 6.63. The maximum absolute atomic E-state index is 13.6. The number of methoxy groups -OCH3 is 1. The summed E-state index contributed by atoms with van der Waals surface area (Å²) in [7, 11) is 1.51. The number of benzene rings is 2. The average molecular weight is 296 g/mol. The SMILES string of the molecule is COc1nc2ccccc2cc1-c1ccc(F)c(C(N)=O)c1. The van der Waals surface area contributed by atoms with E-state index in [9.17, 15) is 9.18 Å². The van der Waals surface area contributed by atoms with E-state index in [-0.39, 0.29) is 5.56 Å². The number of carbonyl (C=O) groups is 1. The van der Waals surface area contributed by atoms with Crippen molar-refractivity contribution in [3.8, 4) is 17.0 Å². The van der Waals surface area contributed by atoms with E-state index < -0.39 is 11.7 Å². The average Bonchev–Trinajstić information content (AvgIpc) is 2.53. The molecule has 0 aliphatic rings. The van der Waals surface area contributed by atoms with E-state index in [0.717, 1.165) is 10.9 Å². The van der Waals surface area contributed by atoms with Crippen LogP contribution in [0, 0.1) is 5.82 Å². The topological polar surface area (TPSA) is 65.2 Å². The summed E-state index contributed by atoms with van der Waals surface area (Å²) in [4.78, 5) is 15.7.